The molecule has 0 amide bonds. The van der Waals surface area contributed by atoms with Gasteiger partial charge in [-0.3, -0.25) is 0 Å². The summed E-state index contributed by atoms with van der Waals surface area (Å²) in [4.78, 5) is 3.87. The average molecular weight is 428 g/mol. The summed E-state index contributed by atoms with van der Waals surface area (Å²) in [6.45, 7) is 6.12. The van der Waals surface area contributed by atoms with Crippen LogP contribution in [-0.4, -0.2) is 5.60 Å². The largest absolute Gasteiger partial charge is 0.488 e. The lowest BCUT2D eigenvalue weighted by Crippen LogP contribution is -2.22. The highest BCUT2D eigenvalue weighted by atomic mass is 32.2. The lowest BCUT2D eigenvalue weighted by molar-refractivity contribution is 0.131. The molecule has 4 rings (SSSR count). The summed E-state index contributed by atoms with van der Waals surface area (Å²) in [5.41, 5.74) is -0.215. The summed E-state index contributed by atoms with van der Waals surface area (Å²) in [7, 11) is -0.154. The molecule has 31 heavy (non-hydrogen) atoms. The quantitative estimate of drug-likeness (QED) is 0.293. The second kappa shape index (κ2) is 9.32. The molecule has 0 aliphatic heterocycles. The number of rotatable bonds is 6. The summed E-state index contributed by atoms with van der Waals surface area (Å²) < 4.78 is 11.9. The minimum Gasteiger partial charge on any atom is -0.488 e. The van der Waals surface area contributed by atoms with Crippen LogP contribution in [0.3, 0.4) is 0 Å². The van der Waals surface area contributed by atoms with Gasteiger partial charge in [-0.15, -0.1) is 0 Å². The van der Waals surface area contributed by atoms with E-state index in [1.54, 1.807) is 0 Å². The van der Waals surface area contributed by atoms with Crippen molar-refractivity contribution in [3.05, 3.63) is 109 Å². The van der Waals surface area contributed by atoms with E-state index in [1.165, 1.54) is 14.7 Å². The Labute approximate surface area is 187 Å². The Hall–Kier alpha value is -3.17. The normalized spacial score (nSPS) is 11.4. The average Bonchev–Trinajstić information content (AvgIpc) is 2.77. The van der Waals surface area contributed by atoms with Crippen LogP contribution in [-0.2, 0) is 10.9 Å². The van der Waals surface area contributed by atoms with E-state index in [2.05, 4.69) is 72.8 Å². The lowest BCUT2D eigenvalue weighted by atomic mass is 10.2. The summed E-state index contributed by atoms with van der Waals surface area (Å²) in [6, 6.07) is 37.5. The standard InChI is InChI=1S/C28H27O2S/c1-28(2,3)30-24-16-14-22(15-17-24)29-23-18-20-27(21-19-23)31(25-10-6-4-7-11-25)26-12-8-5-9-13-26/h4-21H,1-3H3/q+1. The Morgan fingerprint density at radius 2 is 0.871 bits per heavy atom. The first-order chi connectivity index (χ1) is 15.0. The molecule has 3 heteroatoms. The van der Waals surface area contributed by atoms with E-state index in [-0.39, 0.29) is 16.5 Å². The van der Waals surface area contributed by atoms with Gasteiger partial charge in [-0.1, -0.05) is 36.4 Å². The maximum atomic E-state index is 6.06. The molecule has 2 nitrogen and oxygen atoms in total. The molecule has 0 N–H and O–H groups in total. The highest BCUT2D eigenvalue weighted by Gasteiger charge is 2.28. The van der Waals surface area contributed by atoms with Crippen molar-refractivity contribution < 1.29 is 9.47 Å². The number of hydrogen-bond acceptors (Lipinski definition) is 2. The molecule has 0 fully saturated rings. The van der Waals surface area contributed by atoms with Gasteiger partial charge in [0, 0.05) is 0 Å². The first kappa shape index (κ1) is 21.1. The Morgan fingerprint density at radius 1 is 0.484 bits per heavy atom. The van der Waals surface area contributed by atoms with Crippen LogP contribution in [0, 0.1) is 0 Å². The predicted molar refractivity (Wildman–Crippen MR) is 128 cm³/mol. The van der Waals surface area contributed by atoms with Gasteiger partial charge in [-0.2, -0.15) is 0 Å². The molecule has 156 valence electrons. The zero-order valence-corrected chi connectivity index (χ0v) is 18.9. The van der Waals surface area contributed by atoms with Crippen molar-refractivity contribution in [2.45, 2.75) is 41.1 Å². The minimum absolute atomic E-state index is 0.154. The number of benzene rings is 4. The first-order valence-corrected chi connectivity index (χ1v) is 11.6. The van der Waals surface area contributed by atoms with Crippen LogP contribution in [0.25, 0.3) is 0 Å². The van der Waals surface area contributed by atoms with E-state index in [9.17, 15) is 0 Å². The van der Waals surface area contributed by atoms with E-state index in [0.717, 1.165) is 17.2 Å². The van der Waals surface area contributed by atoms with Gasteiger partial charge in [-0.05, 0) is 93.6 Å². The van der Waals surface area contributed by atoms with Crippen LogP contribution in [0.2, 0.25) is 0 Å². The second-order valence-corrected chi connectivity index (χ2v) is 10.2. The van der Waals surface area contributed by atoms with E-state index < -0.39 is 0 Å². The van der Waals surface area contributed by atoms with Gasteiger partial charge in [0.1, 0.15) is 22.8 Å². The molecule has 0 aromatic heterocycles. The SMILES string of the molecule is CC(C)(C)Oc1ccc(Oc2ccc([S+](c3ccccc3)c3ccccc3)cc2)cc1. The highest BCUT2D eigenvalue weighted by Crippen LogP contribution is 2.33. The van der Waals surface area contributed by atoms with Gasteiger partial charge < -0.3 is 9.47 Å². The van der Waals surface area contributed by atoms with E-state index in [4.69, 9.17) is 9.47 Å². The highest BCUT2D eigenvalue weighted by molar-refractivity contribution is 7.97. The Bertz CT molecular complexity index is 1040. The molecular weight excluding hydrogens is 400 g/mol. The molecule has 0 spiro atoms. The number of hydrogen-bond donors (Lipinski definition) is 0. The van der Waals surface area contributed by atoms with Crippen LogP contribution in [0.1, 0.15) is 20.8 Å². The molecule has 4 aromatic carbocycles. The van der Waals surface area contributed by atoms with Gasteiger partial charge in [-0.25, -0.2) is 0 Å². The van der Waals surface area contributed by atoms with Crippen molar-refractivity contribution in [2.75, 3.05) is 0 Å². The van der Waals surface area contributed by atoms with Gasteiger partial charge >= 0.3 is 0 Å². The number of ether oxygens (including phenoxy) is 2. The molecule has 0 aliphatic rings. The van der Waals surface area contributed by atoms with Gasteiger partial charge in [0.15, 0.2) is 14.7 Å². The Balaban J connectivity index is 1.54. The van der Waals surface area contributed by atoms with E-state index in [0.29, 0.717) is 0 Å². The predicted octanol–water partition coefficient (Wildman–Crippen LogP) is 7.75. The fourth-order valence-corrected chi connectivity index (χ4v) is 5.31. The molecule has 0 aliphatic carbocycles. The topological polar surface area (TPSA) is 18.5 Å². The molecular formula is C28H27O2S+. The smallest absolute Gasteiger partial charge is 0.166 e. The van der Waals surface area contributed by atoms with Crippen LogP contribution >= 0.6 is 0 Å². The van der Waals surface area contributed by atoms with Gasteiger partial charge in [0.25, 0.3) is 0 Å². The molecule has 0 saturated carbocycles. The molecule has 0 atom stereocenters. The lowest BCUT2D eigenvalue weighted by Gasteiger charge is -2.21. The van der Waals surface area contributed by atoms with Crippen molar-refractivity contribution in [1.29, 1.82) is 0 Å². The molecule has 0 bridgehead atoms. The first-order valence-electron chi connectivity index (χ1n) is 10.4. The third kappa shape index (κ3) is 5.71. The summed E-state index contributed by atoms with van der Waals surface area (Å²) in [5.74, 6) is 2.45. The van der Waals surface area contributed by atoms with Crippen LogP contribution in [0.5, 0.6) is 17.2 Å². The van der Waals surface area contributed by atoms with E-state index in [1.807, 2.05) is 57.2 Å². The van der Waals surface area contributed by atoms with E-state index >= 15 is 0 Å². The van der Waals surface area contributed by atoms with Gasteiger partial charge in [0.05, 0.1) is 10.9 Å². The van der Waals surface area contributed by atoms with Crippen molar-refractivity contribution in [3.63, 3.8) is 0 Å². The summed E-state index contributed by atoms with van der Waals surface area (Å²) in [5, 5.41) is 0. The van der Waals surface area contributed by atoms with Crippen molar-refractivity contribution in [3.8, 4) is 17.2 Å². The Morgan fingerprint density at radius 3 is 1.32 bits per heavy atom. The van der Waals surface area contributed by atoms with Crippen molar-refractivity contribution >= 4 is 10.9 Å². The Kier molecular flexibility index (Phi) is 6.34. The molecule has 0 heterocycles. The third-order valence-electron chi connectivity index (χ3n) is 4.50. The maximum Gasteiger partial charge on any atom is 0.166 e. The maximum absolute atomic E-state index is 6.06. The van der Waals surface area contributed by atoms with Crippen LogP contribution in [0.4, 0.5) is 0 Å². The molecule has 0 saturated heterocycles. The summed E-state index contributed by atoms with van der Waals surface area (Å²) >= 11 is 0. The zero-order valence-electron chi connectivity index (χ0n) is 18.1. The fourth-order valence-electron chi connectivity index (χ4n) is 3.23. The molecule has 4 aromatic rings. The zero-order chi connectivity index (χ0) is 21.7. The molecule has 0 unspecified atom stereocenters. The van der Waals surface area contributed by atoms with Gasteiger partial charge in [0.2, 0.25) is 0 Å². The van der Waals surface area contributed by atoms with Crippen LogP contribution < -0.4 is 9.47 Å². The van der Waals surface area contributed by atoms with Crippen LogP contribution in [0.15, 0.2) is 124 Å². The monoisotopic (exact) mass is 427 g/mol. The molecule has 0 radical (unpaired) electrons. The van der Waals surface area contributed by atoms with Crippen molar-refractivity contribution in [1.82, 2.24) is 0 Å². The van der Waals surface area contributed by atoms with Crippen molar-refractivity contribution in [2.24, 2.45) is 0 Å². The third-order valence-corrected chi connectivity index (χ3v) is 6.73. The fraction of sp³-hybridized carbons (Fsp3) is 0.143. The second-order valence-electron chi connectivity index (χ2n) is 8.19. The summed E-state index contributed by atoms with van der Waals surface area (Å²) in [6.07, 6.45) is 0. The minimum atomic E-state index is -0.215.